The first-order valence-corrected chi connectivity index (χ1v) is 8.75. The lowest BCUT2D eigenvalue weighted by Gasteiger charge is -2.33. The lowest BCUT2D eigenvalue weighted by molar-refractivity contribution is 0.0637. The van der Waals surface area contributed by atoms with Gasteiger partial charge in [-0.05, 0) is 26.0 Å². The monoisotopic (exact) mass is 319 g/mol. The predicted molar refractivity (Wildman–Crippen MR) is 92.8 cm³/mol. The van der Waals surface area contributed by atoms with Crippen LogP contribution in [0.25, 0.3) is 0 Å². The van der Waals surface area contributed by atoms with Crippen molar-refractivity contribution in [1.29, 1.82) is 0 Å². The number of carbonyl (C=O) groups is 1. The van der Waals surface area contributed by atoms with E-state index in [1.54, 1.807) is 6.07 Å². The molecule has 1 aromatic heterocycles. The Kier molecular flexibility index (Phi) is 6.77. The van der Waals surface area contributed by atoms with Crippen LogP contribution in [0.15, 0.2) is 6.07 Å². The summed E-state index contributed by atoms with van der Waals surface area (Å²) in [6.07, 6.45) is 3.46. The molecule has 0 atom stereocenters. The molecule has 6 nitrogen and oxygen atoms in total. The largest absolute Gasteiger partial charge is 0.354 e. The number of hydrogen-bond donors (Lipinski definition) is 1. The Morgan fingerprint density at radius 1 is 1.17 bits per heavy atom. The van der Waals surface area contributed by atoms with Gasteiger partial charge in [0.1, 0.15) is 5.69 Å². The highest BCUT2D eigenvalue weighted by atomic mass is 16.2. The van der Waals surface area contributed by atoms with Crippen molar-refractivity contribution in [3.8, 4) is 0 Å². The van der Waals surface area contributed by atoms with E-state index in [1.807, 2.05) is 11.8 Å². The van der Waals surface area contributed by atoms with E-state index in [0.717, 1.165) is 51.4 Å². The summed E-state index contributed by atoms with van der Waals surface area (Å²) in [4.78, 5) is 25.7. The van der Waals surface area contributed by atoms with Crippen LogP contribution in [0, 0.1) is 6.92 Å². The maximum absolute atomic E-state index is 12.7. The highest BCUT2D eigenvalue weighted by Crippen LogP contribution is 2.11. The van der Waals surface area contributed by atoms with Crippen molar-refractivity contribution in [1.82, 2.24) is 19.8 Å². The molecule has 6 heteroatoms. The molecule has 1 saturated heterocycles. The third kappa shape index (κ3) is 5.16. The Morgan fingerprint density at radius 3 is 2.57 bits per heavy atom. The minimum Gasteiger partial charge on any atom is -0.354 e. The maximum atomic E-state index is 12.7. The fraction of sp³-hybridized carbons (Fsp3) is 0.706. The molecule has 2 rings (SSSR count). The van der Waals surface area contributed by atoms with Crippen molar-refractivity contribution in [3.63, 3.8) is 0 Å². The molecule has 1 N–H and O–H groups in total. The van der Waals surface area contributed by atoms with Crippen molar-refractivity contribution in [3.05, 3.63) is 17.5 Å². The quantitative estimate of drug-likeness (QED) is 0.781. The molecular formula is C17H29N5O. The number of amides is 1. The minimum absolute atomic E-state index is 0.0165. The third-order valence-corrected chi connectivity index (χ3v) is 4.24. The second-order valence-corrected chi connectivity index (χ2v) is 6.08. The summed E-state index contributed by atoms with van der Waals surface area (Å²) in [6.45, 7) is 11.6. The molecule has 128 valence electrons. The zero-order valence-electron chi connectivity index (χ0n) is 14.6. The van der Waals surface area contributed by atoms with Crippen LogP contribution in [0.5, 0.6) is 0 Å². The van der Waals surface area contributed by atoms with Gasteiger partial charge in [0.05, 0.1) is 0 Å². The summed E-state index contributed by atoms with van der Waals surface area (Å²) in [5.41, 5.74) is 1.33. The van der Waals surface area contributed by atoms with E-state index in [4.69, 9.17) is 0 Å². The van der Waals surface area contributed by atoms with Crippen LogP contribution in [0.2, 0.25) is 0 Å². The van der Waals surface area contributed by atoms with Crippen LogP contribution in [0.1, 0.15) is 49.3 Å². The highest BCUT2D eigenvalue weighted by molar-refractivity contribution is 5.92. The summed E-state index contributed by atoms with van der Waals surface area (Å²) in [6, 6.07) is 1.78. The first-order chi connectivity index (χ1) is 11.1. The molecule has 0 saturated carbocycles. The van der Waals surface area contributed by atoms with Crippen LogP contribution in [0.4, 0.5) is 5.95 Å². The third-order valence-electron chi connectivity index (χ3n) is 4.24. The summed E-state index contributed by atoms with van der Waals surface area (Å²) in [5.74, 6) is 0.583. The van der Waals surface area contributed by atoms with Crippen LogP contribution in [-0.4, -0.2) is 64.9 Å². The standard InChI is InChI=1S/C17H29N5O/c1-4-6-7-8-18-17-19-14(3)13-15(20-17)16(23)22-11-9-21(5-2)10-12-22/h13H,4-12H2,1-3H3,(H,18,19,20). The van der Waals surface area contributed by atoms with Gasteiger partial charge in [-0.1, -0.05) is 26.7 Å². The smallest absolute Gasteiger partial charge is 0.272 e. The number of carbonyl (C=O) groups excluding carboxylic acids is 1. The van der Waals surface area contributed by atoms with E-state index >= 15 is 0 Å². The molecule has 1 aromatic rings. The number of aromatic nitrogens is 2. The molecule has 1 amide bonds. The van der Waals surface area contributed by atoms with Gasteiger partial charge >= 0.3 is 0 Å². The highest BCUT2D eigenvalue weighted by Gasteiger charge is 2.22. The molecule has 0 unspecified atom stereocenters. The zero-order chi connectivity index (χ0) is 16.7. The molecule has 0 radical (unpaired) electrons. The number of nitrogens with one attached hydrogen (secondary N) is 1. The lowest BCUT2D eigenvalue weighted by atomic mass is 10.2. The second kappa shape index (κ2) is 8.82. The molecular weight excluding hydrogens is 290 g/mol. The Hall–Kier alpha value is -1.69. The molecule has 1 fully saturated rings. The Labute approximate surface area is 139 Å². The van der Waals surface area contributed by atoms with E-state index in [2.05, 4.69) is 34.0 Å². The Balaban J connectivity index is 1.98. The number of nitrogens with zero attached hydrogens (tertiary/aromatic N) is 4. The second-order valence-electron chi connectivity index (χ2n) is 6.08. The van der Waals surface area contributed by atoms with Crippen molar-refractivity contribution in [2.75, 3.05) is 44.6 Å². The Bertz CT molecular complexity index is 512. The van der Waals surface area contributed by atoms with E-state index in [-0.39, 0.29) is 5.91 Å². The minimum atomic E-state index is 0.0165. The molecule has 0 spiro atoms. The first kappa shape index (κ1) is 17.7. The average molecular weight is 319 g/mol. The van der Waals surface area contributed by atoms with E-state index in [9.17, 15) is 4.79 Å². The van der Waals surface area contributed by atoms with Gasteiger partial charge in [-0.3, -0.25) is 4.79 Å². The van der Waals surface area contributed by atoms with Gasteiger partial charge in [-0.2, -0.15) is 0 Å². The van der Waals surface area contributed by atoms with Gasteiger partial charge in [-0.25, -0.2) is 9.97 Å². The average Bonchev–Trinajstić information content (AvgIpc) is 2.58. The molecule has 0 aromatic carbocycles. The molecule has 0 aliphatic carbocycles. The maximum Gasteiger partial charge on any atom is 0.272 e. The number of aryl methyl sites for hydroxylation is 1. The number of likely N-dealkylation sites (N-methyl/N-ethyl adjacent to an activating group) is 1. The first-order valence-electron chi connectivity index (χ1n) is 8.75. The summed E-state index contributed by atoms with van der Waals surface area (Å²) >= 11 is 0. The number of rotatable bonds is 7. The zero-order valence-corrected chi connectivity index (χ0v) is 14.6. The van der Waals surface area contributed by atoms with E-state index in [0.29, 0.717) is 11.6 Å². The molecule has 2 heterocycles. The topological polar surface area (TPSA) is 61.4 Å². The van der Waals surface area contributed by atoms with Crippen molar-refractivity contribution in [2.24, 2.45) is 0 Å². The molecule has 1 aliphatic rings. The number of hydrogen-bond acceptors (Lipinski definition) is 5. The van der Waals surface area contributed by atoms with Crippen molar-refractivity contribution < 1.29 is 4.79 Å². The van der Waals surface area contributed by atoms with Gasteiger partial charge in [0.25, 0.3) is 5.91 Å². The number of anilines is 1. The molecule has 1 aliphatic heterocycles. The van der Waals surface area contributed by atoms with Crippen molar-refractivity contribution in [2.45, 2.75) is 40.0 Å². The fourth-order valence-corrected chi connectivity index (χ4v) is 2.76. The number of unbranched alkanes of at least 4 members (excludes halogenated alkanes) is 2. The summed E-state index contributed by atoms with van der Waals surface area (Å²) < 4.78 is 0. The van der Waals surface area contributed by atoms with E-state index in [1.165, 1.54) is 12.8 Å². The summed E-state index contributed by atoms with van der Waals surface area (Å²) in [7, 11) is 0. The van der Waals surface area contributed by atoms with Crippen LogP contribution in [0.3, 0.4) is 0 Å². The van der Waals surface area contributed by atoms with Gasteiger partial charge in [-0.15, -0.1) is 0 Å². The van der Waals surface area contributed by atoms with Gasteiger partial charge in [0.2, 0.25) is 5.95 Å². The predicted octanol–water partition coefficient (Wildman–Crippen LogP) is 2.16. The van der Waals surface area contributed by atoms with Crippen LogP contribution in [-0.2, 0) is 0 Å². The van der Waals surface area contributed by atoms with Gasteiger partial charge in [0.15, 0.2) is 0 Å². The van der Waals surface area contributed by atoms with Gasteiger partial charge < -0.3 is 15.1 Å². The normalized spacial score (nSPS) is 15.7. The summed E-state index contributed by atoms with van der Waals surface area (Å²) in [5, 5.41) is 3.23. The number of piperazine rings is 1. The van der Waals surface area contributed by atoms with Gasteiger partial charge in [0, 0.05) is 38.4 Å². The SMILES string of the molecule is CCCCCNc1nc(C)cc(C(=O)N2CCN(CC)CC2)n1. The van der Waals surface area contributed by atoms with E-state index < -0.39 is 0 Å². The molecule has 0 bridgehead atoms. The van der Waals surface area contributed by atoms with Crippen molar-refractivity contribution >= 4 is 11.9 Å². The molecule has 23 heavy (non-hydrogen) atoms. The fourth-order valence-electron chi connectivity index (χ4n) is 2.76. The lowest BCUT2D eigenvalue weighted by Crippen LogP contribution is -2.48. The Morgan fingerprint density at radius 2 is 1.91 bits per heavy atom. The van der Waals surface area contributed by atoms with Crippen LogP contribution >= 0.6 is 0 Å². The van der Waals surface area contributed by atoms with Crippen LogP contribution < -0.4 is 5.32 Å².